The van der Waals surface area contributed by atoms with Gasteiger partial charge < -0.3 is 4.52 Å². The molecule has 0 aliphatic carbocycles. The van der Waals surface area contributed by atoms with Gasteiger partial charge in [0.1, 0.15) is 0 Å². The Bertz CT molecular complexity index is 143. The number of hydrogen-bond donors (Lipinski definition) is 2. The fourth-order valence-electron chi connectivity index (χ4n) is 0.167. The minimum absolute atomic E-state index is 0. The van der Waals surface area contributed by atoms with Gasteiger partial charge in [-0.3, -0.25) is 14.6 Å². The van der Waals surface area contributed by atoms with Crippen LogP contribution in [0.2, 0.25) is 0 Å². The fraction of sp³-hybridized carbons (Fsp3) is 0.500. The monoisotopic (exact) mass is 186 g/mol. The van der Waals surface area contributed by atoms with Crippen LogP contribution in [0.3, 0.4) is 0 Å². The molecule has 8 heteroatoms. The van der Waals surface area contributed by atoms with Gasteiger partial charge in [-0.15, -0.1) is 0 Å². The minimum atomic E-state index is -4.57. The third-order valence-electron chi connectivity index (χ3n) is 0.247. The molecule has 0 saturated heterocycles. The second kappa shape index (κ2) is 7.50. The van der Waals surface area contributed by atoms with Gasteiger partial charge in [0, 0.05) is 6.92 Å². The van der Waals surface area contributed by atoms with Crippen molar-refractivity contribution in [2.24, 2.45) is 0 Å². The molecule has 2 N–H and O–H groups in total. The van der Waals surface area contributed by atoms with Crippen LogP contribution >= 0.6 is 7.82 Å². The maximum Gasteiger partial charge on any atom is 1.00 e. The van der Waals surface area contributed by atoms with Gasteiger partial charge in [-0.2, -0.15) is 0 Å². The normalized spacial score (nSPS) is 8.70. The number of carbonyl (C=O) groups is 1. The molecule has 0 unspecified atom stereocenters. The summed E-state index contributed by atoms with van der Waals surface area (Å²) in [5.74, 6) is -0.988. The minimum Gasteiger partial charge on any atom is -0.371 e. The summed E-state index contributed by atoms with van der Waals surface area (Å²) in [5, 5.41) is 0. The molecule has 0 atom stereocenters. The Labute approximate surface area is 113 Å². The second-order valence-corrected chi connectivity index (χ2v) is 2.24. The molecule has 0 aromatic heterocycles. The summed E-state index contributed by atoms with van der Waals surface area (Å²) in [4.78, 5) is 25.5. The van der Waals surface area contributed by atoms with Crippen molar-refractivity contribution in [1.29, 1.82) is 0 Å². The third kappa shape index (κ3) is 16.4. The van der Waals surface area contributed by atoms with E-state index in [0.29, 0.717) is 0 Å². The predicted octanol–water partition coefficient (Wildman–Crippen LogP) is -6.35. The summed E-state index contributed by atoms with van der Waals surface area (Å²) in [6.45, 7) is 0.916. The molecule has 0 heterocycles. The maximum absolute atomic E-state index is 9.74. The van der Waals surface area contributed by atoms with Gasteiger partial charge in [-0.05, 0) is 0 Å². The van der Waals surface area contributed by atoms with E-state index in [-0.39, 0.29) is 70.2 Å². The predicted molar refractivity (Wildman–Crippen MR) is 23.8 cm³/mol. The quantitative estimate of drug-likeness (QED) is 0.314. The van der Waals surface area contributed by atoms with Crippen LogP contribution in [-0.2, 0) is 13.9 Å². The second-order valence-electron chi connectivity index (χ2n) is 1.07. The van der Waals surface area contributed by atoms with Crippen LogP contribution in [0.4, 0.5) is 0 Å². The van der Waals surface area contributed by atoms with E-state index in [9.17, 15) is 9.36 Å². The van der Waals surface area contributed by atoms with Gasteiger partial charge in [0.15, 0.2) is 0 Å². The van der Waals surface area contributed by atoms with E-state index in [1.807, 2.05) is 0 Å². The largest absolute Gasteiger partial charge is 1.00 e. The van der Waals surface area contributed by atoms with Crippen molar-refractivity contribution in [2.45, 2.75) is 6.92 Å². The number of rotatable bonds is 1. The number of hydrogen-bond acceptors (Lipinski definition) is 3. The van der Waals surface area contributed by atoms with Crippen molar-refractivity contribution in [3.05, 3.63) is 0 Å². The zero-order valence-electron chi connectivity index (χ0n) is 6.07. The number of phosphoric acid groups is 1. The van der Waals surface area contributed by atoms with Crippen molar-refractivity contribution in [3.63, 3.8) is 0 Å². The summed E-state index contributed by atoms with van der Waals surface area (Å²) >= 11 is 0. The van der Waals surface area contributed by atoms with E-state index < -0.39 is 13.8 Å². The summed E-state index contributed by atoms with van der Waals surface area (Å²) in [5.41, 5.74) is 0. The summed E-state index contributed by atoms with van der Waals surface area (Å²) in [6.07, 6.45) is 0. The van der Waals surface area contributed by atoms with Gasteiger partial charge in [-0.1, -0.05) is 0 Å². The van der Waals surface area contributed by atoms with E-state index in [0.717, 1.165) is 6.92 Å². The standard InChI is InChI=1S/C2H5O5P.K.Li/c1-2(3)7-8(4,5)6;;/h1H3,(H2,4,5,6);;/q;2*+1. The number of phosphoric ester groups is 1. The molecular weight excluding hydrogens is 181 g/mol. The molecule has 48 valence electrons. The zero-order chi connectivity index (χ0) is 6.78. The van der Waals surface area contributed by atoms with Crippen LogP contribution in [0.25, 0.3) is 0 Å². The smallest absolute Gasteiger partial charge is 0.371 e. The Morgan fingerprint density at radius 1 is 1.50 bits per heavy atom. The summed E-state index contributed by atoms with van der Waals surface area (Å²) in [6, 6.07) is 0. The molecule has 10 heavy (non-hydrogen) atoms. The Balaban J connectivity index is -0.000000245. The molecule has 0 bridgehead atoms. The molecule has 0 fully saturated rings. The first kappa shape index (κ1) is 17.8. The summed E-state index contributed by atoms with van der Waals surface area (Å²) in [7, 11) is -4.57. The molecule has 0 amide bonds. The first-order valence-corrected chi connectivity index (χ1v) is 3.20. The molecule has 0 aromatic carbocycles. The molecule has 0 spiro atoms. The molecular formula is C2H5KLiO5P+2. The third-order valence-corrected chi connectivity index (χ3v) is 0.742. The Kier molecular flexibility index (Phi) is 13.4. The molecule has 0 radical (unpaired) electrons. The van der Waals surface area contributed by atoms with Crippen molar-refractivity contribution >= 4 is 13.8 Å². The van der Waals surface area contributed by atoms with Gasteiger partial charge >= 0.3 is 84.0 Å². The van der Waals surface area contributed by atoms with Crippen molar-refractivity contribution in [2.75, 3.05) is 0 Å². The Morgan fingerprint density at radius 2 is 1.80 bits per heavy atom. The fourth-order valence-corrected chi connectivity index (χ4v) is 0.502. The zero-order valence-corrected chi connectivity index (χ0v) is 10.1. The van der Waals surface area contributed by atoms with E-state index >= 15 is 0 Å². The molecule has 0 aliphatic rings. The van der Waals surface area contributed by atoms with Crippen LogP contribution in [0.15, 0.2) is 0 Å². The van der Waals surface area contributed by atoms with Crippen LogP contribution in [-0.4, -0.2) is 15.8 Å². The maximum atomic E-state index is 9.74. The van der Waals surface area contributed by atoms with Crippen molar-refractivity contribution in [3.8, 4) is 0 Å². The van der Waals surface area contributed by atoms with Crippen LogP contribution in [0, 0.1) is 0 Å². The molecule has 0 aromatic rings. The average molecular weight is 186 g/mol. The summed E-state index contributed by atoms with van der Waals surface area (Å²) < 4.78 is 13.2. The van der Waals surface area contributed by atoms with E-state index in [1.165, 1.54) is 0 Å². The van der Waals surface area contributed by atoms with Gasteiger partial charge in [0.25, 0.3) is 0 Å². The topological polar surface area (TPSA) is 83.8 Å². The van der Waals surface area contributed by atoms with Crippen molar-refractivity contribution < 1.29 is 93.9 Å². The van der Waals surface area contributed by atoms with E-state index in [2.05, 4.69) is 4.52 Å². The van der Waals surface area contributed by atoms with Crippen LogP contribution in [0.5, 0.6) is 0 Å². The van der Waals surface area contributed by atoms with Gasteiger partial charge in [-0.25, -0.2) is 4.57 Å². The average Bonchev–Trinajstić information content (AvgIpc) is 1.21. The van der Waals surface area contributed by atoms with Crippen LogP contribution < -0.4 is 70.2 Å². The Hall–Kier alpha value is 1.85. The van der Waals surface area contributed by atoms with E-state index in [1.54, 1.807) is 0 Å². The van der Waals surface area contributed by atoms with E-state index in [4.69, 9.17) is 9.79 Å². The molecule has 0 rings (SSSR count). The molecule has 0 saturated carbocycles. The van der Waals surface area contributed by atoms with Crippen molar-refractivity contribution in [1.82, 2.24) is 0 Å². The first-order chi connectivity index (χ1) is 3.42. The van der Waals surface area contributed by atoms with Crippen LogP contribution in [0.1, 0.15) is 6.92 Å². The van der Waals surface area contributed by atoms with Gasteiger partial charge in [0.05, 0.1) is 0 Å². The van der Waals surface area contributed by atoms with Gasteiger partial charge in [0.2, 0.25) is 0 Å². The first-order valence-electron chi connectivity index (χ1n) is 1.67. The molecule has 5 nitrogen and oxygen atoms in total. The Morgan fingerprint density at radius 3 is 1.80 bits per heavy atom. The molecule has 0 aliphatic heterocycles. The SMILES string of the molecule is CC(=O)OP(=O)(O)O.[K+].[Li+]. The number of carbonyl (C=O) groups excluding carboxylic acids is 1.